The predicted octanol–water partition coefficient (Wildman–Crippen LogP) is 5.91. The molecule has 3 aromatic rings. The zero-order valence-corrected chi connectivity index (χ0v) is 24.3. The zero-order valence-electron chi connectivity index (χ0n) is 22.0. The Morgan fingerprint density at radius 3 is 2.15 bits per heavy atom. The molecule has 0 aliphatic carbocycles. The first kappa shape index (κ1) is 30.5. The maximum absolute atomic E-state index is 14.0. The molecular formula is C29H33Cl2N3O4S. The van der Waals surface area contributed by atoms with E-state index in [1.807, 2.05) is 44.2 Å². The van der Waals surface area contributed by atoms with Crippen LogP contribution in [0.4, 0.5) is 5.69 Å². The molecule has 0 aliphatic heterocycles. The Balaban J connectivity index is 2.04. The third-order valence-electron chi connectivity index (χ3n) is 6.20. The number of hydrogen-bond acceptors (Lipinski definition) is 4. The van der Waals surface area contributed by atoms with Crippen LogP contribution in [0.15, 0.2) is 83.8 Å². The molecule has 3 rings (SSSR count). The number of unbranched alkanes of at least 4 members (excludes halogenated alkanes) is 1. The maximum Gasteiger partial charge on any atom is 0.264 e. The molecule has 1 N–H and O–H groups in total. The zero-order chi connectivity index (χ0) is 28.4. The smallest absolute Gasteiger partial charge is 0.264 e. The Bertz CT molecular complexity index is 1360. The molecule has 0 bridgehead atoms. The van der Waals surface area contributed by atoms with E-state index in [0.717, 1.165) is 22.7 Å². The second-order valence-corrected chi connectivity index (χ2v) is 11.7. The van der Waals surface area contributed by atoms with Crippen molar-refractivity contribution in [2.75, 3.05) is 17.4 Å². The summed E-state index contributed by atoms with van der Waals surface area (Å²) in [6.45, 7) is 3.91. The van der Waals surface area contributed by atoms with Gasteiger partial charge >= 0.3 is 0 Å². The number of nitrogens with one attached hydrogen (secondary N) is 1. The Morgan fingerprint density at radius 2 is 1.56 bits per heavy atom. The van der Waals surface area contributed by atoms with Gasteiger partial charge in [0.1, 0.15) is 12.6 Å². The highest BCUT2D eigenvalue weighted by Gasteiger charge is 2.34. The molecule has 39 heavy (non-hydrogen) atoms. The van der Waals surface area contributed by atoms with Crippen LogP contribution in [0.1, 0.15) is 38.7 Å². The number of carbonyl (C=O) groups is 2. The normalized spacial score (nSPS) is 12.0. The number of anilines is 1. The largest absolute Gasteiger partial charge is 0.354 e. The summed E-state index contributed by atoms with van der Waals surface area (Å²) < 4.78 is 28.6. The summed E-state index contributed by atoms with van der Waals surface area (Å²) in [6.07, 6.45) is 2.08. The van der Waals surface area contributed by atoms with Crippen LogP contribution < -0.4 is 9.62 Å². The first-order valence-electron chi connectivity index (χ1n) is 12.8. The lowest BCUT2D eigenvalue weighted by atomic mass is 10.1. The van der Waals surface area contributed by atoms with Crippen molar-refractivity contribution in [3.8, 4) is 0 Å². The number of sulfonamides is 1. The summed E-state index contributed by atoms with van der Waals surface area (Å²) in [5.74, 6) is -0.820. The minimum Gasteiger partial charge on any atom is -0.354 e. The highest BCUT2D eigenvalue weighted by atomic mass is 35.5. The Morgan fingerprint density at radius 1 is 0.923 bits per heavy atom. The minimum absolute atomic E-state index is 0.00257. The van der Waals surface area contributed by atoms with E-state index in [0.29, 0.717) is 18.0 Å². The van der Waals surface area contributed by atoms with Crippen molar-refractivity contribution >= 4 is 50.7 Å². The molecule has 0 aliphatic rings. The first-order chi connectivity index (χ1) is 18.7. The molecule has 0 saturated carbocycles. The molecule has 0 heterocycles. The molecule has 7 nitrogen and oxygen atoms in total. The van der Waals surface area contributed by atoms with Crippen LogP contribution in [0.25, 0.3) is 0 Å². The summed E-state index contributed by atoms with van der Waals surface area (Å²) in [5, 5.41) is 3.32. The third-order valence-corrected chi connectivity index (χ3v) is 8.51. The van der Waals surface area contributed by atoms with Gasteiger partial charge in [-0.2, -0.15) is 0 Å². The summed E-state index contributed by atoms with van der Waals surface area (Å²) in [6, 6.07) is 20.7. The average molecular weight is 591 g/mol. The fourth-order valence-electron chi connectivity index (χ4n) is 4.12. The molecule has 0 fully saturated rings. The standard InChI is InChI=1S/C29H33Cl2N3O4S/c1-3-5-18-32-29(36)26(4-2)33(20-22-12-8-6-9-13-22)28(35)21-34(27-17-16-23(30)19-25(27)31)39(37,38)24-14-10-7-11-15-24/h6-17,19,26H,3-5,18,20-21H2,1-2H3,(H,32,36). The summed E-state index contributed by atoms with van der Waals surface area (Å²) in [7, 11) is -4.20. The molecule has 1 unspecified atom stereocenters. The molecule has 208 valence electrons. The molecule has 3 aromatic carbocycles. The number of halogens is 2. The van der Waals surface area contributed by atoms with Gasteiger partial charge in [-0.15, -0.1) is 0 Å². The molecule has 0 spiro atoms. The van der Waals surface area contributed by atoms with Crippen LogP contribution in [0.2, 0.25) is 10.0 Å². The monoisotopic (exact) mass is 589 g/mol. The Labute approximate surface area is 240 Å². The number of rotatable bonds is 13. The number of carbonyl (C=O) groups excluding carboxylic acids is 2. The highest BCUT2D eigenvalue weighted by Crippen LogP contribution is 2.33. The predicted molar refractivity (Wildman–Crippen MR) is 156 cm³/mol. The van der Waals surface area contributed by atoms with Gasteiger partial charge < -0.3 is 10.2 Å². The lowest BCUT2D eigenvalue weighted by Gasteiger charge is -2.33. The van der Waals surface area contributed by atoms with Gasteiger partial charge in [0.2, 0.25) is 11.8 Å². The van der Waals surface area contributed by atoms with Crippen molar-refractivity contribution < 1.29 is 18.0 Å². The quantitative estimate of drug-likeness (QED) is 0.251. The number of hydrogen-bond donors (Lipinski definition) is 1. The van der Waals surface area contributed by atoms with Crippen LogP contribution in [-0.2, 0) is 26.2 Å². The SMILES string of the molecule is CCCCNC(=O)C(CC)N(Cc1ccccc1)C(=O)CN(c1ccc(Cl)cc1Cl)S(=O)(=O)c1ccccc1. The second-order valence-electron chi connectivity index (χ2n) is 9.00. The van der Waals surface area contributed by atoms with Crippen molar-refractivity contribution in [3.05, 3.63) is 94.5 Å². The lowest BCUT2D eigenvalue weighted by molar-refractivity contribution is -0.140. The summed E-state index contributed by atoms with van der Waals surface area (Å²) >= 11 is 12.5. The van der Waals surface area contributed by atoms with E-state index in [9.17, 15) is 18.0 Å². The molecule has 0 radical (unpaired) electrons. The molecule has 1 atom stereocenters. The number of amides is 2. The van der Waals surface area contributed by atoms with Crippen molar-refractivity contribution in [1.82, 2.24) is 10.2 Å². The Kier molecular flexibility index (Phi) is 11.2. The van der Waals surface area contributed by atoms with Crippen molar-refractivity contribution in [1.29, 1.82) is 0 Å². The van der Waals surface area contributed by atoms with Gasteiger partial charge in [0.05, 0.1) is 15.6 Å². The summed E-state index contributed by atoms with van der Waals surface area (Å²) in [5.41, 5.74) is 0.922. The number of nitrogens with zero attached hydrogens (tertiary/aromatic N) is 2. The first-order valence-corrected chi connectivity index (χ1v) is 15.0. The van der Waals surface area contributed by atoms with E-state index in [1.165, 1.54) is 35.2 Å². The molecule has 10 heteroatoms. The van der Waals surface area contributed by atoms with E-state index < -0.39 is 28.5 Å². The van der Waals surface area contributed by atoms with Gasteiger partial charge in [0.15, 0.2) is 0 Å². The van der Waals surface area contributed by atoms with Gasteiger partial charge in [-0.3, -0.25) is 13.9 Å². The fourth-order valence-corrected chi connectivity index (χ4v) is 6.14. The van der Waals surface area contributed by atoms with Crippen molar-refractivity contribution in [2.24, 2.45) is 0 Å². The van der Waals surface area contributed by atoms with E-state index >= 15 is 0 Å². The van der Waals surface area contributed by atoms with Crippen molar-refractivity contribution in [3.63, 3.8) is 0 Å². The molecule has 0 saturated heterocycles. The molecular weight excluding hydrogens is 557 g/mol. The van der Waals surface area contributed by atoms with Crippen LogP contribution in [0.3, 0.4) is 0 Å². The van der Waals surface area contributed by atoms with Gasteiger partial charge in [0.25, 0.3) is 10.0 Å². The highest BCUT2D eigenvalue weighted by molar-refractivity contribution is 7.92. The van der Waals surface area contributed by atoms with Gasteiger partial charge in [-0.1, -0.05) is 92.0 Å². The second kappa shape index (κ2) is 14.4. The van der Waals surface area contributed by atoms with Crippen molar-refractivity contribution in [2.45, 2.75) is 50.6 Å². The van der Waals surface area contributed by atoms with E-state index in [2.05, 4.69) is 5.32 Å². The summed E-state index contributed by atoms with van der Waals surface area (Å²) in [4.78, 5) is 28.6. The average Bonchev–Trinajstić information content (AvgIpc) is 2.93. The van der Waals surface area contributed by atoms with E-state index in [4.69, 9.17) is 23.2 Å². The van der Waals surface area contributed by atoms with Gasteiger partial charge in [-0.25, -0.2) is 8.42 Å². The number of benzene rings is 3. The molecule has 0 aromatic heterocycles. The van der Waals surface area contributed by atoms with E-state index in [-0.39, 0.29) is 28.1 Å². The fraction of sp³-hybridized carbons (Fsp3) is 0.310. The topological polar surface area (TPSA) is 86.8 Å². The van der Waals surface area contributed by atoms with E-state index in [1.54, 1.807) is 18.2 Å². The lowest BCUT2D eigenvalue weighted by Crippen LogP contribution is -2.52. The minimum atomic E-state index is -4.20. The van der Waals surface area contributed by atoms with Gasteiger partial charge in [0, 0.05) is 18.1 Å². The Hall–Kier alpha value is -3.07. The van der Waals surface area contributed by atoms with Gasteiger partial charge in [-0.05, 0) is 48.7 Å². The third kappa shape index (κ3) is 7.97. The van der Waals surface area contributed by atoms with Crippen LogP contribution in [0.5, 0.6) is 0 Å². The maximum atomic E-state index is 14.0. The molecule has 2 amide bonds. The van der Waals surface area contributed by atoms with Crippen LogP contribution in [0, 0.1) is 0 Å². The van der Waals surface area contributed by atoms with Crippen LogP contribution >= 0.6 is 23.2 Å². The van der Waals surface area contributed by atoms with Crippen LogP contribution in [-0.4, -0.2) is 44.3 Å².